The molecule has 1 unspecified atom stereocenters. The molecule has 1 aliphatic heterocycles. The second-order valence-corrected chi connectivity index (χ2v) is 5.19. The Bertz CT molecular complexity index is 367. The molecule has 1 fully saturated rings. The van der Waals surface area contributed by atoms with Crippen LogP contribution in [0.1, 0.15) is 19.3 Å². The molecule has 0 aromatic heterocycles. The van der Waals surface area contributed by atoms with E-state index in [1.54, 1.807) is 6.07 Å². The van der Waals surface area contributed by atoms with Crippen LogP contribution in [-0.2, 0) is 0 Å². The van der Waals surface area contributed by atoms with E-state index in [-0.39, 0.29) is 12.4 Å². The predicted molar refractivity (Wildman–Crippen MR) is 79.4 cm³/mol. The number of rotatable bonds is 4. The lowest BCUT2D eigenvalue weighted by Crippen LogP contribution is -2.30. The molecule has 2 rings (SSSR count). The fourth-order valence-corrected chi connectivity index (χ4v) is 2.45. The molecule has 5 heteroatoms. The summed E-state index contributed by atoms with van der Waals surface area (Å²) in [6.45, 7) is 2.95. The maximum Gasteiger partial charge on any atom is 0.139 e. The van der Waals surface area contributed by atoms with Gasteiger partial charge in [-0.25, -0.2) is 0 Å². The first-order valence-electron chi connectivity index (χ1n) is 6.05. The van der Waals surface area contributed by atoms with Crippen LogP contribution in [0.15, 0.2) is 18.2 Å². The zero-order valence-electron chi connectivity index (χ0n) is 10.1. The molecule has 0 amide bonds. The van der Waals surface area contributed by atoms with Crippen LogP contribution in [-0.4, -0.2) is 19.7 Å². The lowest BCUT2D eigenvalue weighted by Gasteiger charge is -2.22. The van der Waals surface area contributed by atoms with Crippen molar-refractivity contribution < 1.29 is 4.74 Å². The molecule has 0 radical (unpaired) electrons. The molecule has 2 nitrogen and oxygen atoms in total. The first kappa shape index (κ1) is 15.9. The maximum atomic E-state index is 6.05. The normalized spacial score (nSPS) is 19.1. The van der Waals surface area contributed by atoms with Crippen molar-refractivity contribution in [3.63, 3.8) is 0 Å². The van der Waals surface area contributed by atoms with Crippen LogP contribution in [0.25, 0.3) is 0 Å². The minimum atomic E-state index is 0. The Hall–Kier alpha value is -0.150. The zero-order chi connectivity index (χ0) is 12.1. The van der Waals surface area contributed by atoms with Crippen LogP contribution < -0.4 is 10.1 Å². The fraction of sp³-hybridized carbons (Fsp3) is 0.538. The SMILES string of the molecule is Cl.Clc1cccc(OCCC2CCCNC2)c1Cl. The van der Waals surface area contributed by atoms with Crippen LogP contribution in [0.2, 0.25) is 10.0 Å². The van der Waals surface area contributed by atoms with Crippen molar-refractivity contribution in [1.29, 1.82) is 0 Å². The lowest BCUT2D eigenvalue weighted by molar-refractivity contribution is 0.254. The van der Waals surface area contributed by atoms with Crippen LogP contribution in [0.3, 0.4) is 0 Å². The number of hydrogen-bond donors (Lipinski definition) is 1. The van der Waals surface area contributed by atoms with Crippen molar-refractivity contribution in [2.45, 2.75) is 19.3 Å². The van der Waals surface area contributed by atoms with Crippen LogP contribution >= 0.6 is 35.6 Å². The summed E-state index contributed by atoms with van der Waals surface area (Å²) in [7, 11) is 0. The third kappa shape index (κ3) is 4.51. The van der Waals surface area contributed by atoms with E-state index >= 15 is 0 Å². The van der Waals surface area contributed by atoms with Gasteiger partial charge in [0.2, 0.25) is 0 Å². The standard InChI is InChI=1S/C13H17Cl2NO.ClH/c14-11-4-1-5-12(13(11)15)17-8-6-10-3-2-7-16-9-10;/h1,4-5,10,16H,2-3,6-9H2;1H. The first-order valence-corrected chi connectivity index (χ1v) is 6.80. The molecule has 0 aliphatic carbocycles. The van der Waals surface area contributed by atoms with Gasteiger partial charge in [-0.2, -0.15) is 0 Å². The highest BCUT2D eigenvalue weighted by atomic mass is 35.5. The van der Waals surface area contributed by atoms with Crippen LogP contribution in [0.4, 0.5) is 0 Å². The summed E-state index contributed by atoms with van der Waals surface area (Å²) in [6, 6.07) is 5.47. The minimum Gasteiger partial charge on any atom is -0.492 e. The van der Waals surface area contributed by atoms with E-state index in [1.807, 2.05) is 12.1 Å². The quantitative estimate of drug-likeness (QED) is 0.900. The van der Waals surface area contributed by atoms with E-state index in [0.29, 0.717) is 22.4 Å². The Kier molecular flexibility index (Phi) is 7.16. The van der Waals surface area contributed by atoms with Gasteiger partial charge < -0.3 is 10.1 Å². The molecule has 102 valence electrons. The molecule has 1 heterocycles. The van der Waals surface area contributed by atoms with Gasteiger partial charge in [0.05, 0.1) is 11.6 Å². The first-order chi connectivity index (χ1) is 8.27. The summed E-state index contributed by atoms with van der Waals surface area (Å²) < 4.78 is 5.68. The van der Waals surface area contributed by atoms with Gasteiger partial charge in [0.15, 0.2) is 0 Å². The van der Waals surface area contributed by atoms with E-state index in [2.05, 4.69) is 5.32 Å². The third-order valence-corrected chi connectivity index (χ3v) is 3.90. The molecular formula is C13H18Cl3NO. The third-order valence-electron chi connectivity index (χ3n) is 3.10. The summed E-state index contributed by atoms with van der Waals surface area (Å²) in [4.78, 5) is 0. The van der Waals surface area contributed by atoms with E-state index in [1.165, 1.54) is 12.8 Å². The average molecular weight is 311 g/mol. The lowest BCUT2D eigenvalue weighted by atomic mass is 9.97. The van der Waals surface area contributed by atoms with Crippen molar-refractivity contribution in [2.75, 3.05) is 19.7 Å². The van der Waals surface area contributed by atoms with Crippen molar-refractivity contribution in [3.8, 4) is 5.75 Å². The largest absolute Gasteiger partial charge is 0.492 e. The molecule has 18 heavy (non-hydrogen) atoms. The second kappa shape index (κ2) is 8.11. The highest BCUT2D eigenvalue weighted by Gasteiger charge is 2.13. The average Bonchev–Trinajstić information content (AvgIpc) is 2.36. The number of hydrogen-bond acceptors (Lipinski definition) is 2. The molecule has 1 aliphatic rings. The Morgan fingerprint density at radius 3 is 2.89 bits per heavy atom. The molecule has 1 saturated heterocycles. The number of piperidine rings is 1. The van der Waals surface area contributed by atoms with Gasteiger partial charge in [-0.15, -0.1) is 12.4 Å². The Morgan fingerprint density at radius 1 is 1.33 bits per heavy atom. The summed E-state index contributed by atoms with van der Waals surface area (Å²) in [5.41, 5.74) is 0. The van der Waals surface area contributed by atoms with Crippen molar-refractivity contribution in [2.24, 2.45) is 5.92 Å². The second-order valence-electron chi connectivity index (χ2n) is 4.40. The highest BCUT2D eigenvalue weighted by molar-refractivity contribution is 6.42. The van der Waals surface area contributed by atoms with Crippen LogP contribution in [0, 0.1) is 5.92 Å². The Balaban J connectivity index is 0.00000162. The predicted octanol–water partition coefficient (Wildman–Crippen LogP) is 4.18. The van der Waals surface area contributed by atoms with Gasteiger partial charge in [0.1, 0.15) is 10.8 Å². The molecule has 1 aromatic rings. The smallest absolute Gasteiger partial charge is 0.139 e. The summed E-state index contributed by atoms with van der Waals surface area (Å²) in [5.74, 6) is 1.41. The zero-order valence-corrected chi connectivity index (χ0v) is 12.5. The van der Waals surface area contributed by atoms with Gasteiger partial charge in [0, 0.05) is 0 Å². The van der Waals surface area contributed by atoms with Crippen molar-refractivity contribution >= 4 is 35.6 Å². The van der Waals surface area contributed by atoms with E-state index in [9.17, 15) is 0 Å². The van der Waals surface area contributed by atoms with E-state index < -0.39 is 0 Å². The molecule has 0 spiro atoms. The molecule has 0 bridgehead atoms. The van der Waals surface area contributed by atoms with Gasteiger partial charge in [-0.3, -0.25) is 0 Å². The van der Waals surface area contributed by atoms with Crippen molar-refractivity contribution in [1.82, 2.24) is 5.32 Å². The number of halogens is 3. The minimum absolute atomic E-state index is 0. The molecule has 1 atom stereocenters. The van der Waals surface area contributed by atoms with E-state index in [0.717, 1.165) is 25.4 Å². The van der Waals surface area contributed by atoms with Gasteiger partial charge in [0.25, 0.3) is 0 Å². The summed E-state index contributed by atoms with van der Waals surface area (Å²) in [6.07, 6.45) is 3.62. The molecule has 0 saturated carbocycles. The fourth-order valence-electron chi connectivity index (χ4n) is 2.10. The topological polar surface area (TPSA) is 21.3 Å². The summed E-state index contributed by atoms with van der Waals surface area (Å²) >= 11 is 12.0. The van der Waals surface area contributed by atoms with E-state index in [4.69, 9.17) is 27.9 Å². The molecule has 1 N–H and O–H groups in total. The molecule has 1 aromatic carbocycles. The molecular weight excluding hydrogens is 293 g/mol. The Morgan fingerprint density at radius 2 is 2.17 bits per heavy atom. The maximum absolute atomic E-state index is 6.05. The summed E-state index contributed by atoms with van der Waals surface area (Å²) in [5, 5.41) is 4.46. The number of nitrogens with one attached hydrogen (secondary N) is 1. The van der Waals surface area contributed by atoms with Crippen molar-refractivity contribution in [3.05, 3.63) is 28.2 Å². The van der Waals surface area contributed by atoms with Gasteiger partial charge in [-0.1, -0.05) is 29.3 Å². The van der Waals surface area contributed by atoms with Gasteiger partial charge in [-0.05, 0) is 50.4 Å². The van der Waals surface area contributed by atoms with Crippen LogP contribution in [0.5, 0.6) is 5.75 Å². The monoisotopic (exact) mass is 309 g/mol. The number of benzene rings is 1. The number of ether oxygens (including phenoxy) is 1. The van der Waals surface area contributed by atoms with Gasteiger partial charge >= 0.3 is 0 Å². The highest BCUT2D eigenvalue weighted by Crippen LogP contribution is 2.31. The Labute approximate surface area is 124 Å².